The topological polar surface area (TPSA) is 66.4 Å². The molecule has 0 aliphatic carbocycles. The van der Waals surface area contributed by atoms with E-state index in [0.717, 1.165) is 30.0 Å². The summed E-state index contributed by atoms with van der Waals surface area (Å²) < 4.78 is 0. The molecule has 0 saturated heterocycles. The molecule has 0 aliphatic heterocycles. The van der Waals surface area contributed by atoms with Gasteiger partial charge in [-0.3, -0.25) is 4.79 Å². The van der Waals surface area contributed by atoms with Gasteiger partial charge in [-0.1, -0.05) is 44.5 Å². The number of hydrogen-bond donors (Lipinski definition) is 2. The molecule has 1 aromatic rings. The lowest BCUT2D eigenvalue weighted by Crippen LogP contribution is -2.28. The van der Waals surface area contributed by atoms with Gasteiger partial charge in [0.2, 0.25) is 5.91 Å². The quantitative estimate of drug-likeness (QED) is 0.752. The smallest absolute Gasteiger partial charge is 0.328 e. The standard InChI is InChI=1S/C16H21NO3/c1-3-4-12(2)16(20)17-11-14-7-5-13(6-8-14)9-10-15(18)19/h5-10,12H,3-4,11H2,1-2H3,(H,17,20)(H,18,19). The van der Waals surface area contributed by atoms with Crippen molar-refractivity contribution in [3.8, 4) is 0 Å². The van der Waals surface area contributed by atoms with Gasteiger partial charge in [-0.05, 0) is 23.6 Å². The van der Waals surface area contributed by atoms with Gasteiger partial charge in [0.25, 0.3) is 0 Å². The Balaban J connectivity index is 2.49. The molecule has 20 heavy (non-hydrogen) atoms. The highest BCUT2D eigenvalue weighted by molar-refractivity contribution is 5.85. The number of rotatable bonds is 7. The van der Waals surface area contributed by atoms with Crippen LogP contribution in [0.5, 0.6) is 0 Å². The Kier molecular flexibility index (Phi) is 6.50. The summed E-state index contributed by atoms with van der Waals surface area (Å²) in [7, 11) is 0. The molecule has 1 rings (SSSR count). The summed E-state index contributed by atoms with van der Waals surface area (Å²) in [6, 6.07) is 7.42. The molecule has 0 saturated carbocycles. The Bertz CT molecular complexity index is 477. The number of carboxylic acid groups (broad SMARTS) is 1. The summed E-state index contributed by atoms with van der Waals surface area (Å²) in [4.78, 5) is 22.2. The van der Waals surface area contributed by atoms with Crippen molar-refractivity contribution in [2.45, 2.75) is 33.2 Å². The number of benzene rings is 1. The van der Waals surface area contributed by atoms with Crippen LogP contribution in [0.1, 0.15) is 37.8 Å². The third kappa shape index (κ3) is 5.69. The number of carboxylic acids is 1. The third-order valence-electron chi connectivity index (χ3n) is 3.03. The fraction of sp³-hybridized carbons (Fsp3) is 0.375. The van der Waals surface area contributed by atoms with E-state index in [-0.39, 0.29) is 11.8 Å². The predicted octanol–water partition coefficient (Wildman–Crippen LogP) is 2.84. The molecule has 4 nitrogen and oxygen atoms in total. The summed E-state index contributed by atoms with van der Waals surface area (Å²) in [5.74, 6) is -0.856. The molecule has 1 atom stereocenters. The van der Waals surface area contributed by atoms with E-state index in [4.69, 9.17) is 5.11 Å². The van der Waals surface area contributed by atoms with Gasteiger partial charge in [0, 0.05) is 18.5 Å². The fourth-order valence-corrected chi connectivity index (χ4v) is 1.84. The van der Waals surface area contributed by atoms with E-state index >= 15 is 0 Å². The molecule has 0 aromatic heterocycles. The molecule has 1 aromatic carbocycles. The Morgan fingerprint density at radius 1 is 1.30 bits per heavy atom. The minimum Gasteiger partial charge on any atom is -0.478 e. The Morgan fingerprint density at radius 3 is 2.50 bits per heavy atom. The van der Waals surface area contributed by atoms with E-state index in [2.05, 4.69) is 12.2 Å². The zero-order valence-corrected chi connectivity index (χ0v) is 11.9. The van der Waals surface area contributed by atoms with Crippen molar-refractivity contribution in [1.29, 1.82) is 0 Å². The average molecular weight is 275 g/mol. The maximum Gasteiger partial charge on any atom is 0.328 e. The van der Waals surface area contributed by atoms with Gasteiger partial charge in [0.1, 0.15) is 0 Å². The first-order valence-corrected chi connectivity index (χ1v) is 6.80. The average Bonchev–Trinajstić information content (AvgIpc) is 2.43. The van der Waals surface area contributed by atoms with Crippen molar-refractivity contribution >= 4 is 18.0 Å². The van der Waals surface area contributed by atoms with E-state index in [9.17, 15) is 9.59 Å². The molecule has 0 spiro atoms. The van der Waals surface area contributed by atoms with Crippen LogP contribution in [0, 0.1) is 5.92 Å². The highest BCUT2D eigenvalue weighted by Gasteiger charge is 2.10. The molecule has 1 amide bonds. The molecular formula is C16H21NO3. The van der Waals surface area contributed by atoms with Crippen molar-refractivity contribution in [3.63, 3.8) is 0 Å². The Morgan fingerprint density at radius 2 is 1.95 bits per heavy atom. The normalized spacial score (nSPS) is 12.3. The first-order valence-electron chi connectivity index (χ1n) is 6.80. The number of carbonyl (C=O) groups is 2. The fourth-order valence-electron chi connectivity index (χ4n) is 1.84. The van der Waals surface area contributed by atoms with Gasteiger partial charge in [0.05, 0.1) is 0 Å². The summed E-state index contributed by atoms with van der Waals surface area (Å²) in [6.45, 7) is 4.49. The van der Waals surface area contributed by atoms with Crippen molar-refractivity contribution in [2.75, 3.05) is 0 Å². The summed E-state index contributed by atoms with van der Waals surface area (Å²) in [5, 5.41) is 11.4. The Labute approximate surface area is 119 Å². The minimum absolute atomic E-state index is 0.0396. The first-order chi connectivity index (χ1) is 9.52. The van der Waals surface area contributed by atoms with E-state index < -0.39 is 5.97 Å². The van der Waals surface area contributed by atoms with Crippen LogP contribution in [0.15, 0.2) is 30.3 Å². The predicted molar refractivity (Wildman–Crippen MR) is 79.0 cm³/mol. The summed E-state index contributed by atoms with van der Waals surface area (Å²) >= 11 is 0. The van der Waals surface area contributed by atoms with Crippen molar-refractivity contribution < 1.29 is 14.7 Å². The van der Waals surface area contributed by atoms with Crippen LogP contribution in [0.3, 0.4) is 0 Å². The highest BCUT2D eigenvalue weighted by atomic mass is 16.4. The lowest BCUT2D eigenvalue weighted by molar-refractivity contribution is -0.131. The maximum absolute atomic E-state index is 11.8. The zero-order chi connectivity index (χ0) is 15.0. The number of carbonyl (C=O) groups excluding carboxylic acids is 1. The van der Waals surface area contributed by atoms with Crippen LogP contribution in [-0.2, 0) is 16.1 Å². The van der Waals surface area contributed by atoms with E-state index in [1.54, 1.807) is 0 Å². The van der Waals surface area contributed by atoms with E-state index in [0.29, 0.717) is 6.54 Å². The molecular weight excluding hydrogens is 254 g/mol. The number of aliphatic carboxylic acids is 1. The van der Waals surface area contributed by atoms with Gasteiger partial charge >= 0.3 is 5.97 Å². The summed E-state index contributed by atoms with van der Waals surface area (Å²) in [5.41, 5.74) is 1.82. The first kappa shape index (κ1) is 16.0. The summed E-state index contributed by atoms with van der Waals surface area (Å²) in [6.07, 6.45) is 4.53. The van der Waals surface area contributed by atoms with Crippen molar-refractivity contribution in [3.05, 3.63) is 41.5 Å². The van der Waals surface area contributed by atoms with Gasteiger partial charge in [-0.25, -0.2) is 4.79 Å². The Hall–Kier alpha value is -2.10. The molecule has 1 unspecified atom stereocenters. The second-order valence-electron chi connectivity index (χ2n) is 4.82. The lowest BCUT2D eigenvalue weighted by atomic mass is 10.1. The SMILES string of the molecule is CCCC(C)C(=O)NCc1ccc(C=CC(=O)O)cc1. The molecule has 0 radical (unpaired) electrons. The van der Waals surface area contributed by atoms with Gasteiger partial charge in [0.15, 0.2) is 0 Å². The van der Waals surface area contributed by atoms with E-state index in [1.807, 2.05) is 31.2 Å². The molecule has 108 valence electrons. The van der Waals surface area contributed by atoms with Crippen molar-refractivity contribution in [2.24, 2.45) is 5.92 Å². The minimum atomic E-state index is -0.966. The molecule has 4 heteroatoms. The van der Waals surface area contributed by atoms with Gasteiger partial charge < -0.3 is 10.4 Å². The van der Waals surface area contributed by atoms with Gasteiger partial charge in [-0.2, -0.15) is 0 Å². The van der Waals surface area contributed by atoms with E-state index in [1.165, 1.54) is 6.08 Å². The van der Waals surface area contributed by atoms with Crippen molar-refractivity contribution in [1.82, 2.24) is 5.32 Å². The van der Waals surface area contributed by atoms with Crippen LogP contribution in [-0.4, -0.2) is 17.0 Å². The maximum atomic E-state index is 11.8. The molecule has 0 bridgehead atoms. The van der Waals surface area contributed by atoms with Crippen LogP contribution < -0.4 is 5.32 Å². The molecule has 0 fully saturated rings. The molecule has 0 heterocycles. The highest BCUT2D eigenvalue weighted by Crippen LogP contribution is 2.08. The third-order valence-corrected chi connectivity index (χ3v) is 3.03. The van der Waals surface area contributed by atoms with Crippen LogP contribution in [0.2, 0.25) is 0 Å². The number of nitrogens with one attached hydrogen (secondary N) is 1. The van der Waals surface area contributed by atoms with Crippen LogP contribution in [0.25, 0.3) is 6.08 Å². The van der Waals surface area contributed by atoms with Gasteiger partial charge in [-0.15, -0.1) is 0 Å². The van der Waals surface area contributed by atoms with Crippen LogP contribution >= 0.6 is 0 Å². The zero-order valence-electron chi connectivity index (χ0n) is 11.9. The monoisotopic (exact) mass is 275 g/mol. The van der Waals surface area contributed by atoms with Crippen LogP contribution in [0.4, 0.5) is 0 Å². The second kappa shape index (κ2) is 8.15. The number of hydrogen-bond acceptors (Lipinski definition) is 2. The molecule has 0 aliphatic rings. The number of amides is 1. The largest absolute Gasteiger partial charge is 0.478 e. The molecule has 2 N–H and O–H groups in total. The second-order valence-corrected chi connectivity index (χ2v) is 4.82. The lowest BCUT2D eigenvalue weighted by Gasteiger charge is -2.11.